The number of amides is 1. The molecule has 5 nitrogen and oxygen atoms in total. The number of para-hydroxylation sites is 1. The highest BCUT2D eigenvalue weighted by Gasteiger charge is 2.20. The topological polar surface area (TPSA) is 67.0 Å². The number of rotatable bonds is 6. The molecule has 1 unspecified atom stereocenters. The van der Waals surface area contributed by atoms with Gasteiger partial charge in [0.25, 0.3) is 5.91 Å². The minimum atomic E-state index is -0.166. The molecule has 0 aliphatic rings. The van der Waals surface area contributed by atoms with Crippen molar-refractivity contribution in [2.75, 3.05) is 13.2 Å². The summed E-state index contributed by atoms with van der Waals surface area (Å²) in [7, 11) is 0. The number of fused-ring (bicyclic) bond motifs is 1. The molecule has 1 heterocycles. The van der Waals surface area contributed by atoms with E-state index in [1.54, 1.807) is 0 Å². The molecule has 0 aliphatic heterocycles. The molecule has 1 aromatic heterocycles. The molecule has 0 saturated carbocycles. The predicted octanol–water partition coefficient (Wildman–Crippen LogP) is 2.35. The van der Waals surface area contributed by atoms with Gasteiger partial charge in [-0.15, -0.1) is 0 Å². The Kier molecular flexibility index (Phi) is 4.74. The van der Waals surface area contributed by atoms with Gasteiger partial charge in [0.1, 0.15) is 0 Å². The lowest BCUT2D eigenvalue weighted by atomic mass is 10.0. The van der Waals surface area contributed by atoms with Crippen LogP contribution in [0.4, 0.5) is 0 Å². The van der Waals surface area contributed by atoms with Gasteiger partial charge in [-0.1, -0.05) is 32.0 Å². The van der Waals surface area contributed by atoms with Crippen LogP contribution < -0.4 is 5.32 Å². The van der Waals surface area contributed by atoms with Gasteiger partial charge in [-0.3, -0.25) is 9.89 Å². The van der Waals surface area contributed by atoms with E-state index in [1.165, 1.54) is 0 Å². The summed E-state index contributed by atoms with van der Waals surface area (Å²) in [6.07, 6.45) is 0. The zero-order chi connectivity index (χ0) is 14.5. The van der Waals surface area contributed by atoms with Gasteiger partial charge in [0.05, 0.1) is 18.2 Å². The van der Waals surface area contributed by atoms with Crippen LogP contribution in [-0.4, -0.2) is 35.4 Å². The van der Waals surface area contributed by atoms with E-state index in [1.807, 2.05) is 31.2 Å². The van der Waals surface area contributed by atoms with E-state index in [0.29, 0.717) is 24.8 Å². The van der Waals surface area contributed by atoms with Gasteiger partial charge in [-0.2, -0.15) is 5.10 Å². The molecule has 1 atom stereocenters. The van der Waals surface area contributed by atoms with Crippen LogP contribution in [-0.2, 0) is 4.74 Å². The summed E-state index contributed by atoms with van der Waals surface area (Å²) in [6, 6.07) is 7.58. The predicted molar refractivity (Wildman–Crippen MR) is 78.7 cm³/mol. The molecule has 0 bridgehead atoms. The highest BCUT2D eigenvalue weighted by molar-refractivity contribution is 6.04. The van der Waals surface area contributed by atoms with E-state index in [0.717, 1.165) is 10.9 Å². The van der Waals surface area contributed by atoms with E-state index in [4.69, 9.17) is 4.74 Å². The summed E-state index contributed by atoms with van der Waals surface area (Å²) in [5.41, 5.74) is 1.30. The third kappa shape index (κ3) is 3.17. The Morgan fingerprint density at radius 2 is 2.15 bits per heavy atom. The summed E-state index contributed by atoms with van der Waals surface area (Å²) in [5, 5.41) is 10.8. The molecular formula is C15H21N3O2. The summed E-state index contributed by atoms with van der Waals surface area (Å²) in [6.45, 7) is 7.23. The highest BCUT2D eigenvalue weighted by Crippen LogP contribution is 2.15. The lowest BCUT2D eigenvalue weighted by Gasteiger charge is -2.21. The fourth-order valence-corrected chi connectivity index (χ4v) is 2.02. The van der Waals surface area contributed by atoms with Crippen LogP contribution in [0.5, 0.6) is 0 Å². The lowest BCUT2D eigenvalue weighted by Crippen LogP contribution is -2.42. The molecular weight excluding hydrogens is 254 g/mol. The van der Waals surface area contributed by atoms with Crippen molar-refractivity contribution in [2.24, 2.45) is 5.92 Å². The summed E-state index contributed by atoms with van der Waals surface area (Å²) in [4.78, 5) is 12.3. The van der Waals surface area contributed by atoms with Crippen molar-refractivity contribution in [1.82, 2.24) is 15.5 Å². The maximum Gasteiger partial charge on any atom is 0.272 e. The number of nitrogens with zero attached hydrogens (tertiary/aromatic N) is 1. The number of carbonyl (C=O) groups is 1. The molecule has 5 heteroatoms. The number of hydrogen-bond acceptors (Lipinski definition) is 3. The number of benzene rings is 1. The first-order chi connectivity index (χ1) is 9.63. The maximum atomic E-state index is 12.3. The van der Waals surface area contributed by atoms with Crippen molar-refractivity contribution in [2.45, 2.75) is 26.8 Å². The largest absolute Gasteiger partial charge is 0.380 e. The smallest absolute Gasteiger partial charge is 0.272 e. The van der Waals surface area contributed by atoms with Crippen LogP contribution in [0.3, 0.4) is 0 Å². The average Bonchev–Trinajstić information content (AvgIpc) is 2.87. The molecule has 0 fully saturated rings. The van der Waals surface area contributed by atoms with Crippen LogP contribution >= 0.6 is 0 Å². The van der Waals surface area contributed by atoms with E-state index in [9.17, 15) is 4.79 Å². The van der Waals surface area contributed by atoms with Gasteiger partial charge >= 0.3 is 0 Å². The van der Waals surface area contributed by atoms with E-state index in [-0.39, 0.29) is 11.9 Å². The van der Waals surface area contributed by atoms with E-state index < -0.39 is 0 Å². The fraction of sp³-hybridized carbons (Fsp3) is 0.467. The second-order valence-corrected chi connectivity index (χ2v) is 5.10. The van der Waals surface area contributed by atoms with Crippen molar-refractivity contribution < 1.29 is 9.53 Å². The van der Waals surface area contributed by atoms with Crippen LogP contribution in [0.1, 0.15) is 31.3 Å². The molecule has 108 valence electrons. The molecule has 20 heavy (non-hydrogen) atoms. The average molecular weight is 275 g/mol. The Bertz CT molecular complexity index is 577. The zero-order valence-corrected chi connectivity index (χ0v) is 12.1. The van der Waals surface area contributed by atoms with Gasteiger partial charge in [-0.25, -0.2) is 0 Å². The molecule has 0 spiro atoms. The second-order valence-electron chi connectivity index (χ2n) is 5.10. The number of hydrogen-bond donors (Lipinski definition) is 2. The molecule has 2 rings (SSSR count). The molecule has 1 aromatic carbocycles. The first kappa shape index (κ1) is 14.5. The Labute approximate surface area is 118 Å². The molecule has 2 N–H and O–H groups in total. The first-order valence-electron chi connectivity index (χ1n) is 6.95. The summed E-state index contributed by atoms with van der Waals surface area (Å²) >= 11 is 0. The lowest BCUT2D eigenvalue weighted by molar-refractivity contribution is 0.0803. The molecule has 0 radical (unpaired) electrons. The normalized spacial score (nSPS) is 12.8. The molecule has 1 amide bonds. The van der Waals surface area contributed by atoms with Gasteiger partial charge in [0, 0.05) is 12.0 Å². The van der Waals surface area contributed by atoms with Crippen molar-refractivity contribution in [3.8, 4) is 0 Å². The highest BCUT2D eigenvalue weighted by atomic mass is 16.5. The Morgan fingerprint density at radius 1 is 1.40 bits per heavy atom. The number of aromatic nitrogens is 2. The number of carbonyl (C=O) groups excluding carboxylic acids is 1. The minimum Gasteiger partial charge on any atom is -0.380 e. The van der Waals surface area contributed by atoms with Crippen molar-refractivity contribution >= 4 is 16.8 Å². The fourth-order valence-electron chi connectivity index (χ4n) is 2.02. The van der Waals surface area contributed by atoms with Crippen LogP contribution in [0, 0.1) is 5.92 Å². The molecule has 0 aliphatic carbocycles. The van der Waals surface area contributed by atoms with Crippen LogP contribution in [0.2, 0.25) is 0 Å². The summed E-state index contributed by atoms with van der Waals surface area (Å²) < 4.78 is 5.42. The monoisotopic (exact) mass is 275 g/mol. The minimum absolute atomic E-state index is 0.0158. The van der Waals surface area contributed by atoms with Crippen molar-refractivity contribution in [1.29, 1.82) is 0 Å². The number of aromatic amines is 1. The van der Waals surface area contributed by atoms with Crippen LogP contribution in [0.25, 0.3) is 10.9 Å². The Balaban J connectivity index is 2.14. The standard InChI is InChI=1S/C15H21N3O2/c1-4-20-9-13(10(2)3)16-15(19)14-11-7-5-6-8-12(11)17-18-14/h5-8,10,13H,4,9H2,1-3H3,(H,16,19)(H,17,18). The van der Waals surface area contributed by atoms with Gasteiger partial charge in [-0.05, 0) is 18.9 Å². The first-order valence-corrected chi connectivity index (χ1v) is 6.95. The Morgan fingerprint density at radius 3 is 2.85 bits per heavy atom. The van der Waals surface area contributed by atoms with E-state index in [2.05, 4.69) is 29.4 Å². The summed E-state index contributed by atoms with van der Waals surface area (Å²) in [5.74, 6) is 0.136. The third-order valence-electron chi connectivity index (χ3n) is 3.31. The van der Waals surface area contributed by atoms with Gasteiger partial charge < -0.3 is 10.1 Å². The number of nitrogens with one attached hydrogen (secondary N) is 2. The van der Waals surface area contributed by atoms with Gasteiger partial charge in [0.2, 0.25) is 0 Å². The zero-order valence-electron chi connectivity index (χ0n) is 12.1. The number of ether oxygens (including phenoxy) is 1. The van der Waals surface area contributed by atoms with Gasteiger partial charge in [0.15, 0.2) is 5.69 Å². The number of H-pyrrole nitrogens is 1. The second kappa shape index (κ2) is 6.52. The molecule has 0 saturated heterocycles. The van der Waals surface area contributed by atoms with E-state index >= 15 is 0 Å². The third-order valence-corrected chi connectivity index (χ3v) is 3.31. The quantitative estimate of drug-likeness (QED) is 0.850. The van der Waals surface area contributed by atoms with Crippen molar-refractivity contribution in [3.05, 3.63) is 30.0 Å². The SMILES string of the molecule is CCOCC(NC(=O)c1n[nH]c2ccccc12)C(C)C. The Hall–Kier alpha value is -1.88. The van der Waals surface area contributed by atoms with Crippen molar-refractivity contribution in [3.63, 3.8) is 0 Å². The molecule has 2 aromatic rings. The van der Waals surface area contributed by atoms with Crippen LogP contribution in [0.15, 0.2) is 24.3 Å². The maximum absolute atomic E-state index is 12.3.